The third-order valence-corrected chi connectivity index (χ3v) is 8.83. The Kier molecular flexibility index (Phi) is 4.16. The summed E-state index contributed by atoms with van der Waals surface area (Å²) in [6.07, 6.45) is 8.53. The van der Waals surface area contributed by atoms with Crippen LogP contribution in [0.5, 0.6) is 0 Å². The first-order chi connectivity index (χ1) is 11.8. The Hall–Kier alpha value is -0.740. The van der Waals surface area contributed by atoms with E-state index in [1.165, 1.54) is 5.57 Å². The summed E-state index contributed by atoms with van der Waals surface area (Å²) in [4.78, 5) is 11.2. The molecule has 4 aliphatic carbocycles. The Morgan fingerprint density at radius 1 is 1.24 bits per heavy atom. The molecule has 4 aliphatic rings. The molecule has 0 aromatic carbocycles. The van der Waals surface area contributed by atoms with E-state index in [9.17, 15) is 15.1 Å². The lowest BCUT2D eigenvalue weighted by Crippen LogP contribution is -2.56. The number of allylic oxidation sites excluding steroid dienone is 1. The van der Waals surface area contributed by atoms with Crippen LogP contribution < -0.4 is 0 Å². The number of aliphatic hydroxyl groups is 2. The zero-order chi connectivity index (χ0) is 18.0. The maximum absolute atomic E-state index is 11.3. The van der Waals surface area contributed by atoms with E-state index in [1.807, 2.05) is 6.92 Å². The molecule has 3 saturated carbocycles. The SMILES string of the molecule is CC(N=O)C1CCC2C3CC=C4CC(O)CCC4(C)C3C(O)CC12C. The molecule has 0 spiro atoms. The van der Waals surface area contributed by atoms with Gasteiger partial charge in [-0.1, -0.05) is 30.7 Å². The van der Waals surface area contributed by atoms with Crippen molar-refractivity contribution in [3.8, 4) is 0 Å². The van der Waals surface area contributed by atoms with E-state index >= 15 is 0 Å². The third kappa shape index (κ3) is 2.39. The van der Waals surface area contributed by atoms with E-state index in [4.69, 9.17) is 0 Å². The molecule has 25 heavy (non-hydrogen) atoms. The Bertz CT molecular complexity index is 590. The summed E-state index contributed by atoms with van der Waals surface area (Å²) in [5.74, 6) is 1.69. The second kappa shape index (κ2) is 5.88. The van der Waals surface area contributed by atoms with Crippen molar-refractivity contribution in [3.63, 3.8) is 0 Å². The van der Waals surface area contributed by atoms with Gasteiger partial charge in [0.25, 0.3) is 0 Å². The van der Waals surface area contributed by atoms with Crippen molar-refractivity contribution in [2.75, 3.05) is 0 Å². The first-order valence-corrected chi connectivity index (χ1v) is 10.2. The normalized spacial score (nSPS) is 53.2. The molecule has 9 unspecified atom stereocenters. The van der Waals surface area contributed by atoms with E-state index < -0.39 is 0 Å². The van der Waals surface area contributed by atoms with Crippen molar-refractivity contribution < 1.29 is 10.2 Å². The summed E-state index contributed by atoms with van der Waals surface area (Å²) < 4.78 is 0. The van der Waals surface area contributed by atoms with Gasteiger partial charge in [0.15, 0.2) is 0 Å². The molecule has 2 N–H and O–H groups in total. The summed E-state index contributed by atoms with van der Waals surface area (Å²) in [5, 5.41) is 24.7. The van der Waals surface area contributed by atoms with Crippen molar-refractivity contribution >= 4 is 0 Å². The van der Waals surface area contributed by atoms with Gasteiger partial charge in [-0.25, -0.2) is 0 Å². The van der Waals surface area contributed by atoms with Crippen molar-refractivity contribution in [1.29, 1.82) is 0 Å². The van der Waals surface area contributed by atoms with Crippen LogP contribution in [0.1, 0.15) is 65.7 Å². The molecule has 0 aromatic heterocycles. The van der Waals surface area contributed by atoms with Gasteiger partial charge in [-0.2, -0.15) is 4.91 Å². The second-order valence-electron chi connectivity index (χ2n) is 9.88. The van der Waals surface area contributed by atoms with E-state index in [0.717, 1.165) is 44.9 Å². The first-order valence-electron chi connectivity index (χ1n) is 10.2. The Balaban J connectivity index is 1.69. The highest BCUT2D eigenvalue weighted by atomic mass is 16.3. The molecule has 0 aliphatic heterocycles. The Morgan fingerprint density at radius 2 is 2.00 bits per heavy atom. The molecule has 9 atom stereocenters. The molecule has 4 rings (SSSR count). The zero-order valence-corrected chi connectivity index (χ0v) is 15.8. The van der Waals surface area contributed by atoms with Crippen LogP contribution in [-0.4, -0.2) is 28.5 Å². The van der Waals surface area contributed by atoms with Gasteiger partial charge in [0, 0.05) is 0 Å². The summed E-state index contributed by atoms with van der Waals surface area (Å²) in [6, 6.07) is -0.158. The number of rotatable bonds is 2. The van der Waals surface area contributed by atoms with E-state index in [2.05, 4.69) is 25.1 Å². The minimum Gasteiger partial charge on any atom is -0.393 e. The maximum atomic E-state index is 11.3. The van der Waals surface area contributed by atoms with Crippen LogP contribution >= 0.6 is 0 Å². The highest BCUT2D eigenvalue weighted by Crippen LogP contribution is 2.66. The van der Waals surface area contributed by atoms with Crippen molar-refractivity contribution in [2.45, 2.75) is 84.0 Å². The van der Waals surface area contributed by atoms with Crippen LogP contribution in [0.3, 0.4) is 0 Å². The van der Waals surface area contributed by atoms with Crippen molar-refractivity contribution in [1.82, 2.24) is 0 Å². The number of fused-ring (bicyclic) bond motifs is 5. The standard InChI is InChI=1S/C21H33NO3/c1-12(22-25)16-6-7-17-15-5-4-13-10-14(23)8-9-20(13,2)19(15)18(24)11-21(16,17)3/h4,12,14-19,23-24H,5-11H2,1-3H3. The van der Waals surface area contributed by atoms with Gasteiger partial charge in [0.1, 0.15) is 0 Å². The minimum absolute atomic E-state index is 0.0315. The Morgan fingerprint density at radius 3 is 2.72 bits per heavy atom. The lowest BCUT2D eigenvalue weighted by molar-refractivity contribution is -0.126. The summed E-state index contributed by atoms with van der Waals surface area (Å²) in [5.41, 5.74) is 1.45. The van der Waals surface area contributed by atoms with Gasteiger partial charge < -0.3 is 10.2 Å². The van der Waals surface area contributed by atoms with Gasteiger partial charge in [-0.3, -0.25) is 0 Å². The average molecular weight is 347 g/mol. The smallest absolute Gasteiger partial charge is 0.0925 e. The number of hydrogen-bond acceptors (Lipinski definition) is 4. The number of nitrogens with zero attached hydrogens (tertiary/aromatic N) is 1. The fraction of sp³-hybridized carbons (Fsp3) is 0.905. The Labute approximate surface area is 151 Å². The molecule has 0 heterocycles. The molecule has 4 nitrogen and oxygen atoms in total. The van der Waals surface area contributed by atoms with Crippen LogP contribution in [0.15, 0.2) is 16.8 Å². The van der Waals surface area contributed by atoms with Gasteiger partial charge in [0.2, 0.25) is 0 Å². The second-order valence-corrected chi connectivity index (χ2v) is 9.88. The van der Waals surface area contributed by atoms with Crippen LogP contribution in [0.4, 0.5) is 0 Å². The molecule has 0 aromatic rings. The number of nitroso groups, excluding NO2 is 1. The molecule has 140 valence electrons. The molecular formula is C21H33NO3. The highest BCUT2D eigenvalue weighted by Gasteiger charge is 2.62. The summed E-state index contributed by atoms with van der Waals surface area (Å²) >= 11 is 0. The first kappa shape index (κ1) is 17.7. The topological polar surface area (TPSA) is 69.9 Å². The number of aliphatic hydroxyl groups excluding tert-OH is 2. The summed E-state index contributed by atoms with van der Waals surface area (Å²) in [6.45, 7) is 6.59. The van der Waals surface area contributed by atoms with Crippen LogP contribution in [0.2, 0.25) is 0 Å². The largest absolute Gasteiger partial charge is 0.393 e. The lowest BCUT2D eigenvalue weighted by Gasteiger charge is -2.59. The zero-order valence-electron chi connectivity index (χ0n) is 15.8. The maximum Gasteiger partial charge on any atom is 0.0925 e. The quantitative estimate of drug-likeness (QED) is 0.585. The molecule has 0 radical (unpaired) electrons. The van der Waals surface area contributed by atoms with Crippen LogP contribution in [-0.2, 0) is 0 Å². The van der Waals surface area contributed by atoms with Crippen molar-refractivity contribution in [3.05, 3.63) is 16.6 Å². The molecular weight excluding hydrogens is 314 g/mol. The fourth-order valence-corrected chi connectivity index (χ4v) is 7.68. The summed E-state index contributed by atoms with van der Waals surface area (Å²) in [7, 11) is 0. The van der Waals surface area contributed by atoms with E-state index in [-0.39, 0.29) is 29.1 Å². The van der Waals surface area contributed by atoms with Gasteiger partial charge in [0.05, 0.1) is 18.2 Å². The lowest BCUT2D eigenvalue weighted by atomic mass is 9.46. The highest BCUT2D eigenvalue weighted by molar-refractivity contribution is 5.26. The molecule has 3 fully saturated rings. The third-order valence-electron chi connectivity index (χ3n) is 8.83. The average Bonchev–Trinajstić information content (AvgIpc) is 2.91. The van der Waals surface area contributed by atoms with Gasteiger partial charge in [-0.15, -0.1) is 0 Å². The van der Waals surface area contributed by atoms with E-state index in [1.54, 1.807) is 0 Å². The predicted octanol–water partition coefficient (Wildman–Crippen LogP) is 4.05. The van der Waals surface area contributed by atoms with E-state index in [0.29, 0.717) is 23.7 Å². The fourth-order valence-electron chi connectivity index (χ4n) is 7.68. The molecule has 0 saturated heterocycles. The minimum atomic E-state index is -0.311. The van der Waals surface area contributed by atoms with Crippen molar-refractivity contribution in [2.24, 2.45) is 39.7 Å². The van der Waals surface area contributed by atoms with Gasteiger partial charge in [-0.05, 0) is 86.4 Å². The van der Waals surface area contributed by atoms with Gasteiger partial charge >= 0.3 is 0 Å². The number of hydrogen-bond donors (Lipinski definition) is 2. The van der Waals surface area contributed by atoms with Crippen LogP contribution in [0.25, 0.3) is 0 Å². The predicted molar refractivity (Wildman–Crippen MR) is 97.8 cm³/mol. The molecule has 0 amide bonds. The monoisotopic (exact) mass is 347 g/mol. The molecule has 0 bridgehead atoms. The molecule has 4 heteroatoms. The van der Waals surface area contributed by atoms with Crippen LogP contribution in [0, 0.1) is 39.4 Å².